The number of furan rings is 1. The molecule has 0 fully saturated rings. The third-order valence-corrected chi connectivity index (χ3v) is 3.59. The van der Waals surface area contributed by atoms with E-state index < -0.39 is 5.97 Å². The van der Waals surface area contributed by atoms with Gasteiger partial charge in [-0.15, -0.1) is 0 Å². The van der Waals surface area contributed by atoms with E-state index in [2.05, 4.69) is 34.2 Å². The third kappa shape index (κ3) is 3.22. The van der Waals surface area contributed by atoms with Gasteiger partial charge in [-0.25, -0.2) is 4.79 Å². The molecular formula is C15H16BrNO3. The van der Waals surface area contributed by atoms with Gasteiger partial charge in [-0.3, -0.25) is 0 Å². The highest BCUT2D eigenvalue weighted by atomic mass is 79.9. The molecule has 1 aromatic heterocycles. The molecule has 0 saturated carbocycles. The van der Waals surface area contributed by atoms with Gasteiger partial charge in [0.2, 0.25) is 0 Å². The Morgan fingerprint density at radius 1 is 1.40 bits per heavy atom. The van der Waals surface area contributed by atoms with Gasteiger partial charge in [0, 0.05) is 10.2 Å². The molecule has 2 N–H and O–H groups in total. The summed E-state index contributed by atoms with van der Waals surface area (Å²) in [5, 5.41) is 12.3. The first-order chi connectivity index (χ1) is 9.51. The second-order valence-electron chi connectivity index (χ2n) is 4.50. The first-order valence-electron chi connectivity index (χ1n) is 6.36. The summed E-state index contributed by atoms with van der Waals surface area (Å²) in [6.45, 7) is 4.21. The lowest BCUT2D eigenvalue weighted by atomic mass is 10.1. The summed E-state index contributed by atoms with van der Waals surface area (Å²) in [5.74, 6) is 0.0843. The van der Waals surface area contributed by atoms with Crippen LogP contribution in [0.1, 0.15) is 34.4 Å². The van der Waals surface area contributed by atoms with Crippen LogP contribution in [0.2, 0.25) is 0 Å². The van der Waals surface area contributed by atoms with Gasteiger partial charge in [0.25, 0.3) is 0 Å². The Bertz CT molecular complexity index is 634. The fourth-order valence-electron chi connectivity index (χ4n) is 2.05. The molecule has 0 aliphatic heterocycles. The molecule has 2 rings (SSSR count). The highest BCUT2D eigenvalue weighted by Crippen LogP contribution is 2.23. The fraction of sp³-hybridized carbons (Fsp3) is 0.267. The van der Waals surface area contributed by atoms with Crippen LogP contribution < -0.4 is 5.32 Å². The maximum atomic E-state index is 11.0. The number of hydrogen-bond acceptors (Lipinski definition) is 3. The maximum Gasteiger partial charge on any atom is 0.339 e. The molecule has 2 aromatic rings. The number of halogens is 1. The van der Waals surface area contributed by atoms with Gasteiger partial charge in [0.15, 0.2) is 0 Å². The molecule has 0 aliphatic rings. The Kier molecular flexibility index (Phi) is 4.49. The van der Waals surface area contributed by atoms with Crippen molar-refractivity contribution in [3.63, 3.8) is 0 Å². The average molecular weight is 338 g/mol. The second-order valence-corrected chi connectivity index (χ2v) is 5.41. The van der Waals surface area contributed by atoms with Gasteiger partial charge in [-0.1, -0.05) is 22.9 Å². The van der Waals surface area contributed by atoms with E-state index >= 15 is 0 Å². The van der Waals surface area contributed by atoms with Crippen molar-refractivity contribution >= 4 is 27.6 Å². The molecule has 20 heavy (non-hydrogen) atoms. The molecule has 5 heteroatoms. The fourth-order valence-corrected chi connectivity index (χ4v) is 2.46. The number of aromatic carboxylic acids is 1. The van der Waals surface area contributed by atoms with E-state index in [1.165, 1.54) is 5.56 Å². The van der Waals surface area contributed by atoms with Crippen LogP contribution in [0.15, 0.2) is 33.2 Å². The maximum absolute atomic E-state index is 11.0. The van der Waals surface area contributed by atoms with E-state index in [0.717, 1.165) is 16.6 Å². The number of carbonyl (C=O) groups is 1. The molecule has 0 aliphatic carbocycles. The van der Waals surface area contributed by atoms with E-state index in [0.29, 0.717) is 18.1 Å². The van der Waals surface area contributed by atoms with Crippen LogP contribution >= 0.6 is 15.9 Å². The summed E-state index contributed by atoms with van der Waals surface area (Å²) in [6.07, 6.45) is 0.916. The lowest BCUT2D eigenvalue weighted by Gasteiger charge is -2.10. The molecule has 1 heterocycles. The SMILES string of the molecule is CCc1cc(Br)ccc1NCc1cc(C(=O)O)c(C)o1. The molecule has 1 aromatic carbocycles. The van der Waals surface area contributed by atoms with Crippen molar-refractivity contribution in [2.75, 3.05) is 5.32 Å². The van der Waals surface area contributed by atoms with Crippen molar-refractivity contribution in [2.45, 2.75) is 26.8 Å². The molecule has 0 spiro atoms. The Morgan fingerprint density at radius 2 is 2.15 bits per heavy atom. The Morgan fingerprint density at radius 3 is 2.75 bits per heavy atom. The minimum Gasteiger partial charge on any atom is -0.478 e. The predicted molar refractivity (Wildman–Crippen MR) is 81.3 cm³/mol. The number of anilines is 1. The Hall–Kier alpha value is -1.75. The highest BCUT2D eigenvalue weighted by molar-refractivity contribution is 9.10. The number of carboxylic acid groups (broad SMARTS) is 1. The van der Waals surface area contributed by atoms with Crippen LogP contribution in [0.4, 0.5) is 5.69 Å². The number of benzene rings is 1. The summed E-state index contributed by atoms with van der Waals surface area (Å²) in [7, 11) is 0. The summed E-state index contributed by atoms with van der Waals surface area (Å²) >= 11 is 3.45. The third-order valence-electron chi connectivity index (χ3n) is 3.10. The van der Waals surface area contributed by atoms with E-state index in [4.69, 9.17) is 9.52 Å². The summed E-state index contributed by atoms with van der Waals surface area (Å²) in [4.78, 5) is 11.0. The van der Waals surface area contributed by atoms with Crippen LogP contribution in [0, 0.1) is 6.92 Å². The summed E-state index contributed by atoms with van der Waals surface area (Å²) < 4.78 is 6.49. The Balaban J connectivity index is 2.13. The van der Waals surface area contributed by atoms with E-state index in [1.54, 1.807) is 13.0 Å². The van der Waals surface area contributed by atoms with Crippen LogP contribution in [0.3, 0.4) is 0 Å². The smallest absolute Gasteiger partial charge is 0.339 e. The van der Waals surface area contributed by atoms with Crippen molar-refractivity contribution in [3.8, 4) is 0 Å². The normalized spacial score (nSPS) is 10.6. The molecule has 106 valence electrons. The minimum atomic E-state index is -0.963. The van der Waals surface area contributed by atoms with Crippen molar-refractivity contribution in [3.05, 3.63) is 51.4 Å². The second kappa shape index (κ2) is 6.13. The lowest BCUT2D eigenvalue weighted by Crippen LogP contribution is -2.01. The highest BCUT2D eigenvalue weighted by Gasteiger charge is 2.13. The summed E-state index contributed by atoms with van der Waals surface area (Å²) in [5.41, 5.74) is 2.44. The monoisotopic (exact) mass is 337 g/mol. The first-order valence-corrected chi connectivity index (χ1v) is 7.15. The van der Waals surface area contributed by atoms with Crippen molar-refractivity contribution in [1.82, 2.24) is 0 Å². The summed E-state index contributed by atoms with van der Waals surface area (Å²) in [6, 6.07) is 7.60. The topological polar surface area (TPSA) is 62.5 Å². The van der Waals surface area contributed by atoms with E-state index in [9.17, 15) is 4.79 Å². The predicted octanol–water partition coefficient (Wildman–Crippen LogP) is 4.22. The van der Waals surface area contributed by atoms with Crippen molar-refractivity contribution in [2.24, 2.45) is 0 Å². The zero-order chi connectivity index (χ0) is 14.7. The van der Waals surface area contributed by atoms with Gasteiger partial charge >= 0.3 is 5.97 Å². The number of hydrogen-bond donors (Lipinski definition) is 2. The number of aryl methyl sites for hydroxylation is 2. The zero-order valence-electron chi connectivity index (χ0n) is 11.4. The van der Waals surface area contributed by atoms with Gasteiger partial charge in [0.1, 0.15) is 17.1 Å². The molecule has 4 nitrogen and oxygen atoms in total. The molecule has 0 amide bonds. The van der Waals surface area contributed by atoms with E-state index in [-0.39, 0.29) is 5.56 Å². The van der Waals surface area contributed by atoms with Crippen LogP contribution in [-0.4, -0.2) is 11.1 Å². The molecule has 0 saturated heterocycles. The van der Waals surface area contributed by atoms with E-state index in [1.807, 2.05) is 12.1 Å². The van der Waals surface area contributed by atoms with Crippen molar-refractivity contribution in [1.29, 1.82) is 0 Å². The van der Waals surface area contributed by atoms with Crippen LogP contribution in [0.5, 0.6) is 0 Å². The Labute approximate surface area is 125 Å². The standard InChI is InChI=1S/C15H16BrNO3/c1-3-10-6-11(16)4-5-14(10)17-8-12-7-13(15(18)19)9(2)20-12/h4-7,17H,3,8H2,1-2H3,(H,18,19). The minimum absolute atomic E-state index is 0.216. The zero-order valence-corrected chi connectivity index (χ0v) is 13.0. The number of carboxylic acids is 1. The average Bonchev–Trinajstić information content (AvgIpc) is 2.78. The van der Waals surface area contributed by atoms with Crippen molar-refractivity contribution < 1.29 is 14.3 Å². The number of nitrogens with one attached hydrogen (secondary N) is 1. The molecular weight excluding hydrogens is 322 g/mol. The molecule has 0 radical (unpaired) electrons. The lowest BCUT2D eigenvalue weighted by molar-refractivity contribution is 0.0695. The van der Waals surface area contributed by atoms with Gasteiger partial charge in [0.05, 0.1) is 6.54 Å². The van der Waals surface area contributed by atoms with Crippen LogP contribution in [-0.2, 0) is 13.0 Å². The molecule has 0 unspecified atom stereocenters. The molecule has 0 bridgehead atoms. The number of rotatable bonds is 5. The van der Waals surface area contributed by atoms with Crippen LogP contribution in [0.25, 0.3) is 0 Å². The van der Waals surface area contributed by atoms with Gasteiger partial charge < -0.3 is 14.8 Å². The molecule has 0 atom stereocenters. The van der Waals surface area contributed by atoms with Gasteiger partial charge in [-0.2, -0.15) is 0 Å². The largest absolute Gasteiger partial charge is 0.478 e. The first kappa shape index (κ1) is 14.7. The quantitative estimate of drug-likeness (QED) is 0.857. The van der Waals surface area contributed by atoms with Gasteiger partial charge in [-0.05, 0) is 43.2 Å².